The number of nitrogen functional groups attached to an aromatic ring is 1. The van der Waals surface area contributed by atoms with Crippen LogP contribution in [0.15, 0.2) is 67.0 Å². The molecule has 0 aliphatic heterocycles. The third kappa shape index (κ3) is 3.47. The van der Waals surface area contributed by atoms with Crippen LogP contribution in [0, 0.1) is 13.8 Å². The molecule has 4 aromatic rings. The molecule has 146 valence electrons. The van der Waals surface area contributed by atoms with E-state index in [-0.39, 0.29) is 0 Å². The summed E-state index contributed by atoms with van der Waals surface area (Å²) in [5.74, 6) is 1.31. The van der Waals surface area contributed by atoms with Crippen LogP contribution in [-0.2, 0) is 0 Å². The van der Waals surface area contributed by atoms with Crippen LogP contribution in [0.5, 0.6) is 0 Å². The van der Waals surface area contributed by atoms with E-state index in [1.807, 2.05) is 18.2 Å². The molecule has 1 aromatic heterocycles. The zero-order chi connectivity index (χ0) is 20.4. The van der Waals surface area contributed by atoms with E-state index in [4.69, 9.17) is 5.73 Å². The highest BCUT2D eigenvalue weighted by Crippen LogP contribution is 2.36. The van der Waals surface area contributed by atoms with Crippen molar-refractivity contribution < 1.29 is 0 Å². The third-order valence-electron chi connectivity index (χ3n) is 5.35. The Morgan fingerprint density at radius 1 is 0.931 bits per heavy atom. The summed E-state index contributed by atoms with van der Waals surface area (Å²) in [5, 5.41) is 5.74. The molecular weight excluding hydrogens is 358 g/mol. The number of aryl methyl sites for hydroxylation is 1. The van der Waals surface area contributed by atoms with Gasteiger partial charge in [0.1, 0.15) is 12.0 Å². The van der Waals surface area contributed by atoms with E-state index in [0.717, 1.165) is 17.9 Å². The molecule has 0 amide bonds. The SMILES string of the molecule is CCN(c1ncnc(Nc2cccc(C)c2C)c1N)c1cccc2ccccc12. The summed E-state index contributed by atoms with van der Waals surface area (Å²) >= 11 is 0. The van der Waals surface area contributed by atoms with Gasteiger partial charge >= 0.3 is 0 Å². The highest BCUT2D eigenvalue weighted by molar-refractivity contribution is 5.97. The number of nitrogens with zero attached hydrogens (tertiary/aromatic N) is 3. The van der Waals surface area contributed by atoms with E-state index in [9.17, 15) is 0 Å². The molecule has 0 saturated heterocycles. The minimum Gasteiger partial charge on any atom is -0.393 e. The summed E-state index contributed by atoms with van der Waals surface area (Å²) in [6, 6.07) is 20.8. The summed E-state index contributed by atoms with van der Waals surface area (Å²) in [5.41, 5.74) is 11.5. The van der Waals surface area contributed by atoms with Crippen LogP contribution >= 0.6 is 0 Å². The maximum atomic E-state index is 6.55. The maximum absolute atomic E-state index is 6.55. The van der Waals surface area contributed by atoms with Crippen molar-refractivity contribution in [3.05, 3.63) is 78.1 Å². The van der Waals surface area contributed by atoms with E-state index in [0.29, 0.717) is 17.3 Å². The average Bonchev–Trinajstić information content (AvgIpc) is 2.74. The van der Waals surface area contributed by atoms with Crippen LogP contribution in [0.4, 0.5) is 28.7 Å². The van der Waals surface area contributed by atoms with Crippen molar-refractivity contribution in [1.82, 2.24) is 9.97 Å². The van der Waals surface area contributed by atoms with Crippen LogP contribution in [0.3, 0.4) is 0 Å². The number of benzene rings is 3. The third-order valence-corrected chi connectivity index (χ3v) is 5.35. The topological polar surface area (TPSA) is 67.1 Å². The molecule has 0 aliphatic carbocycles. The standard InChI is InChI=1S/C24H25N5/c1-4-29(21-14-8-11-18-10-5-6-12-19(18)21)24-22(25)23(26-15-27-24)28-20-13-7-9-16(2)17(20)3/h5-15H,4,25H2,1-3H3,(H,26,27,28). The van der Waals surface area contributed by atoms with Gasteiger partial charge in [0.15, 0.2) is 11.6 Å². The monoisotopic (exact) mass is 383 g/mol. The average molecular weight is 383 g/mol. The van der Waals surface area contributed by atoms with Crippen LogP contribution in [-0.4, -0.2) is 16.5 Å². The van der Waals surface area contributed by atoms with Gasteiger partial charge in [-0.25, -0.2) is 9.97 Å². The Balaban J connectivity index is 1.78. The first-order valence-corrected chi connectivity index (χ1v) is 9.79. The van der Waals surface area contributed by atoms with Gasteiger partial charge in [0, 0.05) is 17.6 Å². The summed E-state index contributed by atoms with van der Waals surface area (Å²) in [4.78, 5) is 11.1. The number of rotatable bonds is 5. The van der Waals surface area contributed by atoms with E-state index in [1.54, 1.807) is 6.33 Å². The normalized spacial score (nSPS) is 10.9. The first-order valence-electron chi connectivity index (χ1n) is 9.79. The van der Waals surface area contributed by atoms with E-state index >= 15 is 0 Å². The highest BCUT2D eigenvalue weighted by Gasteiger charge is 2.18. The van der Waals surface area contributed by atoms with Crippen molar-refractivity contribution >= 4 is 39.5 Å². The number of nitrogens with two attached hydrogens (primary N) is 1. The van der Waals surface area contributed by atoms with Gasteiger partial charge in [0.25, 0.3) is 0 Å². The first kappa shape index (κ1) is 18.7. The van der Waals surface area contributed by atoms with Crippen molar-refractivity contribution in [1.29, 1.82) is 0 Å². The number of nitrogens with one attached hydrogen (secondary N) is 1. The zero-order valence-corrected chi connectivity index (χ0v) is 17.0. The summed E-state index contributed by atoms with van der Waals surface area (Å²) in [6.07, 6.45) is 1.56. The van der Waals surface area contributed by atoms with E-state index < -0.39 is 0 Å². The van der Waals surface area contributed by atoms with E-state index in [1.165, 1.54) is 21.9 Å². The van der Waals surface area contributed by atoms with Crippen molar-refractivity contribution in [3.8, 4) is 0 Å². The number of aromatic nitrogens is 2. The predicted molar refractivity (Wildman–Crippen MR) is 122 cm³/mol. The van der Waals surface area contributed by atoms with Gasteiger partial charge in [0.05, 0.1) is 5.69 Å². The number of hydrogen-bond acceptors (Lipinski definition) is 5. The van der Waals surface area contributed by atoms with E-state index in [2.05, 4.69) is 83.4 Å². The Morgan fingerprint density at radius 2 is 1.69 bits per heavy atom. The second kappa shape index (κ2) is 7.80. The molecule has 3 N–H and O–H groups in total. The minimum atomic E-state index is 0.531. The molecule has 4 rings (SSSR count). The van der Waals surface area contributed by atoms with Gasteiger partial charge in [-0.3, -0.25) is 0 Å². The lowest BCUT2D eigenvalue weighted by Crippen LogP contribution is -2.20. The second-order valence-electron chi connectivity index (χ2n) is 7.07. The number of hydrogen-bond donors (Lipinski definition) is 2. The Labute approximate surface area is 171 Å². The molecule has 0 atom stereocenters. The second-order valence-corrected chi connectivity index (χ2v) is 7.07. The lowest BCUT2D eigenvalue weighted by Gasteiger charge is -2.25. The molecule has 0 fully saturated rings. The van der Waals surface area contributed by atoms with Gasteiger partial charge in [0.2, 0.25) is 0 Å². The molecule has 0 saturated carbocycles. The zero-order valence-electron chi connectivity index (χ0n) is 17.0. The minimum absolute atomic E-state index is 0.531. The van der Waals surface area contributed by atoms with Gasteiger partial charge in [-0.15, -0.1) is 0 Å². The summed E-state index contributed by atoms with van der Waals surface area (Å²) < 4.78 is 0. The molecule has 0 aliphatic rings. The molecule has 0 spiro atoms. The molecule has 0 bridgehead atoms. The summed E-state index contributed by atoms with van der Waals surface area (Å²) in [7, 11) is 0. The van der Waals surface area contributed by atoms with Crippen molar-refractivity contribution in [2.24, 2.45) is 0 Å². The molecule has 1 heterocycles. The van der Waals surface area contributed by atoms with Gasteiger partial charge in [-0.1, -0.05) is 48.5 Å². The predicted octanol–water partition coefficient (Wildman–Crippen LogP) is 5.73. The highest BCUT2D eigenvalue weighted by atomic mass is 15.2. The Hall–Kier alpha value is -3.60. The van der Waals surface area contributed by atoms with Gasteiger partial charge in [-0.2, -0.15) is 0 Å². The van der Waals surface area contributed by atoms with Gasteiger partial charge in [-0.05, 0) is 49.4 Å². The van der Waals surface area contributed by atoms with Crippen molar-refractivity contribution in [3.63, 3.8) is 0 Å². The fraction of sp³-hybridized carbons (Fsp3) is 0.167. The van der Waals surface area contributed by atoms with Crippen LogP contribution in [0.2, 0.25) is 0 Å². The lowest BCUT2D eigenvalue weighted by molar-refractivity contribution is 0.985. The molecule has 29 heavy (non-hydrogen) atoms. The molecular formula is C24H25N5. The maximum Gasteiger partial charge on any atom is 0.161 e. The fourth-order valence-electron chi connectivity index (χ4n) is 3.59. The Bertz CT molecular complexity index is 1160. The van der Waals surface area contributed by atoms with Crippen molar-refractivity contribution in [2.75, 3.05) is 22.5 Å². The molecule has 3 aromatic carbocycles. The van der Waals surface area contributed by atoms with Crippen LogP contribution in [0.25, 0.3) is 10.8 Å². The first-order chi connectivity index (χ1) is 14.1. The molecule has 0 unspecified atom stereocenters. The smallest absolute Gasteiger partial charge is 0.161 e. The van der Waals surface area contributed by atoms with Gasteiger partial charge < -0.3 is 16.0 Å². The molecule has 5 nitrogen and oxygen atoms in total. The molecule has 5 heteroatoms. The fourth-order valence-corrected chi connectivity index (χ4v) is 3.59. The van der Waals surface area contributed by atoms with Crippen LogP contribution in [0.1, 0.15) is 18.1 Å². The molecule has 0 radical (unpaired) electrons. The lowest BCUT2D eigenvalue weighted by atomic mass is 10.1. The van der Waals surface area contributed by atoms with Crippen molar-refractivity contribution in [2.45, 2.75) is 20.8 Å². The quantitative estimate of drug-likeness (QED) is 0.461. The number of anilines is 5. The summed E-state index contributed by atoms with van der Waals surface area (Å²) in [6.45, 7) is 7.01. The van der Waals surface area contributed by atoms with Crippen LogP contribution < -0.4 is 16.0 Å². The Kier molecular flexibility index (Phi) is 5.04. The Morgan fingerprint density at radius 3 is 2.52 bits per heavy atom. The number of fused-ring (bicyclic) bond motifs is 1. The largest absolute Gasteiger partial charge is 0.393 e.